The predicted molar refractivity (Wildman–Crippen MR) is 100 cm³/mol. The largest absolute Gasteiger partial charge is 0.421 e. The smallest absolute Gasteiger partial charge is 0.343 e. The van der Waals surface area contributed by atoms with E-state index < -0.39 is 10.9 Å². The molecular formula is C17H14BrClN2O5. The number of rotatable bonds is 4. The van der Waals surface area contributed by atoms with Crippen LogP contribution in [0.25, 0.3) is 0 Å². The Morgan fingerprint density at radius 2 is 1.96 bits per heavy atom. The molecule has 0 spiro atoms. The molecule has 0 amide bonds. The molecule has 1 aliphatic rings. The zero-order valence-corrected chi connectivity index (χ0v) is 15.8. The van der Waals surface area contributed by atoms with E-state index >= 15 is 0 Å². The van der Waals surface area contributed by atoms with Gasteiger partial charge in [-0.3, -0.25) is 10.1 Å². The second-order valence-electron chi connectivity index (χ2n) is 5.52. The number of carbonyl (C=O) groups is 1. The summed E-state index contributed by atoms with van der Waals surface area (Å²) in [6, 6.07) is 9.10. The predicted octanol–water partition coefficient (Wildman–Crippen LogP) is 4.07. The molecule has 2 aromatic carbocycles. The molecule has 1 saturated heterocycles. The molecule has 7 nitrogen and oxygen atoms in total. The lowest BCUT2D eigenvalue weighted by Crippen LogP contribution is -2.36. The summed E-state index contributed by atoms with van der Waals surface area (Å²) < 4.78 is 11.3. The van der Waals surface area contributed by atoms with E-state index in [1.807, 2.05) is 4.90 Å². The average Bonchev–Trinajstić information content (AvgIpc) is 2.64. The van der Waals surface area contributed by atoms with E-state index in [9.17, 15) is 14.9 Å². The van der Waals surface area contributed by atoms with Gasteiger partial charge in [-0.1, -0.05) is 27.5 Å². The van der Waals surface area contributed by atoms with Crippen LogP contribution in [0.2, 0.25) is 5.02 Å². The highest BCUT2D eigenvalue weighted by atomic mass is 79.9. The van der Waals surface area contributed by atoms with Crippen LogP contribution >= 0.6 is 27.5 Å². The molecule has 1 aliphatic heterocycles. The second kappa shape index (κ2) is 8.03. The number of benzene rings is 2. The molecule has 2 aromatic rings. The van der Waals surface area contributed by atoms with E-state index in [1.165, 1.54) is 12.1 Å². The van der Waals surface area contributed by atoms with Crippen LogP contribution in [0.15, 0.2) is 40.9 Å². The van der Waals surface area contributed by atoms with Crippen molar-refractivity contribution in [1.29, 1.82) is 0 Å². The first-order chi connectivity index (χ1) is 12.5. The Hall–Kier alpha value is -2.16. The number of esters is 1. The molecule has 0 bridgehead atoms. The molecule has 1 heterocycles. The van der Waals surface area contributed by atoms with Crippen LogP contribution in [-0.4, -0.2) is 37.2 Å². The number of ether oxygens (including phenoxy) is 2. The average molecular weight is 442 g/mol. The highest BCUT2D eigenvalue weighted by Crippen LogP contribution is 2.32. The van der Waals surface area contributed by atoms with Crippen LogP contribution in [-0.2, 0) is 4.74 Å². The summed E-state index contributed by atoms with van der Waals surface area (Å²) >= 11 is 9.30. The summed E-state index contributed by atoms with van der Waals surface area (Å²) in [5.41, 5.74) is 0.382. The van der Waals surface area contributed by atoms with Gasteiger partial charge in [-0.25, -0.2) is 4.79 Å². The van der Waals surface area contributed by atoms with Crippen molar-refractivity contribution in [2.24, 2.45) is 0 Å². The van der Waals surface area contributed by atoms with Crippen molar-refractivity contribution < 1.29 is 19.2 Å². The maximum absolute atomic E-state index is 12.4. The number of nitro benzene ring substituents is 1. The van der Waals surface area contributed by atoms with Gasteiger partial charge in [0.1, 0.15) is 11.4 Å². The van der Waals surface area contributed by atoms with Gasteiger partial charge in [0.15, 0.2) is 0 Å². The van der Waals surface area contributed by atoms with Crippen LogP contribution in [0.4, 0.5) is 11.4 Å². The number of hydrogen-bond donors (Lipinski definition) is 0. The summed E-state index contributed by atoms with van der Waals surface area (Å²) in [4.78, 5) is 25.2. The summed E-state index contributed by atoms with van der Waals surface area (Å²) in [5, 5.41) is 11.7. The van der Waals surface area contributed by atoms with Crippen molar-refractivity contribution in [2.45, 2.75) is 0 Å². The zero-order valence-electron chi connectivity index (χ0n) is 13.5. The van der Waals surface area contributed by atoms with Crippen molar-refractivity contribution in [3.8, 4) is 5.75 Å². The number of nitro groups is 1. The molecule has 26 heavy (non-hydrogen) atoms. The number of nitrogens with zero attached hydrogens (tertiary/aromatic N) is 2. The SMILES string of the molecule is O=C(Oc1ccc(Br)cc1Cl)c1ccc(N2CCOCC2)c([N+](=O)[O-])c1. The van der Waals surface area contributed by atoms with E-state index in [2.05, 4.69) is 15.9 Å². The Morgan fingerprint density at radius 3 is 2.62 bits per heavy atom. The fraction of sp³-hybridized carbons (Fsp3) is 0.235. The Balaban J connectivity index is 1.86. The van der Waals surface area contributed by atoms with Gasteiger partial charge in [0.2, 0.25) is 0 Å². The monoisotopic (exact) mass is 440 g/mol. The van der Waals surface area contributed by atoms with E-state index in [1.54, 1.807) is 24.3 Å². The Labute approximate surface area is 162 Å². The van der Waals surface area contributed by atoms with Crippen LogP contribution < -0.4 is 9.64 Å². The maximum Gasteiger partial charge on any atom is 0.343 e. The molecule has 0 atom stereocenters. The van der Waals surface area contributed by atoms with Crippen molar-refractivity contribution in [1.82, 2.24) is 0 Å². The third kappa shape index (κ3) is 4.14. The standard InChI is InChI=1S/C17H14BrClN2O5/c18-12-2-4-16(13(19)10-12)26-17(22)11-1-3-14(15(9-11)21(23)24)20-5-7-25-8-6-20/h1-4,9-10H,5-8H2. The minimum absolute atomic E-state index is 0.0766. The lowest BCUT2D eigenvalue weighted by atomic mass is 10.1. The van der Waals surface area contributed by atoms with Gasteiger partial charge in [0, 0.05) is 23.6 Å². The van der Waals surface area contributed by atoms with Gasteiger partial charge in [-0.15, -0.1) is 0 Å². The number of morpholine rings is 1. The molecule has 0 N–H and O–H groups in total. The maximum atomic E-state index is 12.4. The van der Waals surface area contributed by atoms with E-state index in [0.717, 1.165) is 4.47 Å². The summed E-state index contributed by atoms with van der Waals surface area (Å²) in [6.45, 7) is 2.12. The number of halogens is 2. The second-order valence-corrected chi connectivity index (χ2v) is 6.85. The minimum Gasteiger partial charge on any atom is -0.421 e. The van der Waals surface area contributed by atoms with Gasteiger partial charge in [-0.2, -0.15) is 0 Å². The molecule has 0 saturated carbocycles. The van der Waals surface area contributed by atoms with E-state index in [0.29, 0.717) is 32.0 Å². The highest BCUT2D eigenvalue weighted by molar-refractivity contribution is 9.10. The van der Waals surface area contributed by atoms with Crippen LogP contribution in [0, 0.1) is 10.1 Å². The molecule has 9 heteroatoms. The third-order valence-electron chi connectivity index (χ3n) is 3.86. The summed E-state index contributed by atoms with van der Waals surface area (Å²) in [6.07, 6.45) is 0. The van der Waals surface area contributed by atoms with Gasteiger partial charge in [0.25, 0.3) is 5.69 Å². The van der Waals surface area contributed by atoms with E-state index in [-0.39, 0.29) is 22.0 Å². The molecule has 0 unspecified atom stereocenters. The normalized spacial score (nSPS) is 14.2. The zero-order chi connectivity index (χ0) is 18.7. The van der Waals surface area contributed by atoms with Crippen molar-refractivity contribution in [3.63, 3.8) is 0 Å². The van der Waals surface area contributed by atoms with Crippen LogP contribution in [0.3, 0.4) is 0 Å². The molecular weight excluding hydrogens is 428 g/mol. The first-order valence-electron chi connectivity index (χ1n) is 7.74. The quantitative estimate of drug-likeness (QED) is 0.308. The topological polar surface area (TPSA) is 81.9 Å². The third-order valence-corrected chi connectivity index (χ3v) is 4.64. The fourth-order valence-electron chi connectivity index (χ4n) is 2.59. The van der Waals surface area contributed by atoms with Gasteiger partial charge >= 0.3 is 5.97 Å². The van der Waals surface area contributed by atoms with E-state index in [4.69, 9.17) is 21.1 Å². The number of hydrogen-bond acceptors (Lipinski definition) is 6. The number of anilines is 1. The van der Waals surface area contributed by atoms with Crippen molar-refractivity contribution in [2.75, 3.05) is 31.2 Å². The Bertz CT molecular complexity index is 855. The van der Waals surface area contributed by atoms with Crippen LogP contribution in [0.5, 0.6) is 5.75 Å². The van der Waals surface area contributed by atoms with Gasteiger partial charge in [0.05, 0.1) is 28.7 Å². The van der Waals surface area contributed by atoms with Gasteiger partial charge < -0.3 is 14.4 Å². The van der Waals surface area contributed by atoms with Crippen molar-refractivity contribution >= 4 is 44.9 Å². The molecule has 0 radical (unpaired) electrons. The molecule has 0 aliphatic carbocycles. The Morgan fingerprint density at radius 1 is 1.23 bits per heavy atom. The Kier molecular flexibility index (Phi) is 5.75. The minimum atomic E-state index is -0.717. The summed E-state index contributed by atoms with van der Waals surface area (Å²) in [5.74, 6) is -0.536. The first kappa shape index (κ1) is 18.6. The lowest BCUT2D eigenvalue weighted by Gasteiger charge is -2.28. The van der Waals surface area contributed by atoms with Crippen molar-refractivity contribution in [3.05, 3.63) is 61.6 Å². The molecule has 3 rings (SSSR count). The fourth-order valence-corrected chi connectivity index (χ4v) is 3.30. The lowest BCUT2D eigenvalue weighted by molar-refractivity contribution is -0.384. The molecule has 1 fully saturated rings. The number of carbonyl (C=O) groups excluding carboxylic acids is 1. The first-order valence-corrected chi connectivity index (χ1v) is 8.91. The highest BCUT2D eigenvalue weighted by Gasteiger charge is 2.24. The molecule has 0 aromatic heterocycles. The van der Waals surface area contributed by atoms with Gasteiger partial charge in [-0.05, 0) is 30.3 Å². The summed E-state index contributed by atoms with van der Waals surface area (Å²) in [7, 11) is 0. The van der Waals surface area contributed by atoms with Crippen LogP contribution in [0.1, 0.15) is 10.4 Å². The molecule has 136 valence electrons.